The third-order valence-corrected chi connectivity index (χ3v) is 3.05. The molecule has 0 saturated heterocycles. The second kappa shape index (κ2) is 4.22. The van der Waals surface area contributed by atoms with Crippen molar-refractivity contribution in [2.75, 3.05) is 0 Å². The Morgan fingerprint density at radius 3 is 2.67 bits per heavy atom. The molecule has 0 saturated carbocycles. The van der Waals surface area contributed by atoms with Crippen LogP contribution in [0.4, 0.5) is 13.2 Å². The van der Waals surface area contributed by atoms with Crippen LogP contribution in [0, 0.1) is 0 Å². The first-order valence-corrected chi connectivity index (χ1v) is 5.94. The number of halogens is 3. The predicted octanol–water partition coefficient (Wildman–Crippen LogP) is 1.12. The van der Waals surface area contributed by atoms with Gasteiger partial charge in [-0.2, -0.15) is 13.2 Å². The van der Waals surface area contributed by atoms with Crippen molar-refractivity contribution < 1.29 is 13.2 Å². The van der Waals surface area contributed by atoms with Crippen LogP contribution in [0.15, 0.2) is 35.5 Å². The minimum absolute atomic E-state index is 0.193. The van der Waals surface area contributed by atoms with Crippen molar-refractivity contribution in [2.24, 2.45) is 16.5 Å². The van der Waals surface area contributed by atoms with Gasteiger partial charge in [-0.3, -0.25) is 5.73 Å². The Hall–Kier alpha value is -2.55. The monoisotopic (exact) mass is 296 g/mol. The molecule has 2 aromatic rings. The fourth-order valence-corrected chi connectivity index (χ4v) is 2.06. The molecule has 0 radical (unpaired) electrons. The molecule has 1 atom stereocenters. The molecule has 3 rings (SSSR count). The molecule has 0 spiro atoms. The minimum Gasteiger partial charge on any atom is -0.384 e. The van der Waals surface area contributed by atoms with Gasteiger partial charge in [0.05, 0.1) is 11.0 Å². The summed E-state index contributed by atoms with van der Waals surface area (Å²) < 4.78 is 37.9. The summed E-state index contributed by atoms with van der Waals surface area (Å²) >= 11 is 0. The fourth-order valence-electron chi connectivity index (χ4n) is 2.06. The van der Waals surface area contributed by atoms with Crippen molar-refractivity contribution in [3.8, 4) is 0 Å². The van der Waals surface area contributed by atoms with E-state index in [-0.39, 0.29) is 16.9 Å². The van der Waals surface area contributed by atoms with Gasteiger partial charge in [0.2, 0.25) is 11.6 Å². The zero-order valence-corrected chi connectivity index (χ0v) is 10.6. The lowest BCUT2D eigenvalue weighted by atomic mass is 10.1. The number of nitrogens with two attached hydrogens (primary N) is 2. The van der Waals surface area contributed by atoms with Crippen molar-refractivity contribution in [3.63, 3.8) is 0 Å². The van der Waals surface area contributed by atoms with Crippen molar-refractivity contribution in [1.29, 1.82) is 0 Å². The molecule has 0 bridgehead atoms. The average molecular weight is 296 g/mol. The smallest absolute Gasteiger partial charge is 0.384 e. The Morgan fingerprint density at radius 1 is 1.24 bits per heavy atom. The van der Waals surface area contributed by atoms with Crippen LogP contribution in [0.3, 0.4) is 0 Å². The number of nitrogens with one attached hydrogen (secondary N) is 2. The number of hydrogen-bond donors (Lipinski definition) is 4. The van der Waals surface area contributed by atoms with E-state index in [1.807, 2.05) is 0 Å². The molecule has 1 aliphatic rings. The Bertz CT molecular complexity index is 760. The Balaban J connectivity index is 2.08. The molecule has 6 nitrogen and oxygen atoms in total. The summed E-state index contributed by atoms with van der Waals surface area (Å²) in [5.41, 5.74) is 12.5. The number of amidine groups is 1. The number of benzene rings is 1. The number of fused-ring (bicyclic) bond motifs is 1. The van der Waals surface area contributed by atoms with E-state index in [9.17, 15) is 13.2 Å². The summed E-state index contributed by atoms with van der Waals surface area (Å²) in [7, 11) is 0. The second-order valence-electron chi connectivity index (χ2n) is 4.60. The van der Waals surface area contributed by atoms with Crippen LogP contribution in [0.1, 0.15) is 11.4 Å². The summed E-state index contributed by atoms with van der Waals surface area (Å²) in [6.45, 7) is 0. The highest BCUT2D eigenvalue weighted by Gasteiger charge is 2.35. The minimum atomic E-state index is -4.53. The van der Waals surface area contributed by atoms with Gasteiger partial charge in [0.15, 0.2) is 0 Å². The van der Waals surface area contributed by atoms with Crippen LogP contribution in [0.2, 0.25) is 0 Å². The summed E-state index contributed by atoms with van der Waals surface area (Å²) in [5, 5.41) is 2.82. The predicted molar refractivity (Wildman–Crippen MR) is 70.9 cm³/mol. The lowest BCUT2D eigenvalue weighted by Crippen LogP contribution is -2.49. The van der Waals surface area contributed by atoms with Gasteiger partial charge < -0.3 is 16.0 Å². The van der Waals surface area contributed by atoms with Crippen molar-refractivity contribution in [2.45, 2.75) is 12.0 Å². The zero-order valence-electron chi connectivity index (χ0n) is 10.6. The third-order valence-electron chi connectivity index (χ3n) is 3.05. The quantitative estimate of drug-likeness (QED) is 0.633. The Labute approximate surface area is 116 Å². The van der Waals surface area contributed by atoms with Crippen LogP contribution in [-0.4, -0.2) is 15.8 Å². The molecule has 110 valence electrons. The maximum atomic E-state index is 12.6. The molecular formula is C12H11F3N6. The fraction of sp³-hybridized carbons (Fsp3) is 0.167. The normalized spacial score (nSPS) is 22.2. The van der Waals surface area contributed by atoms with Crippen LogP contribution < -0.4 is 16.8 Å². The van der Waals surface area contributed by atoms with Crippen LogP contribution in [0.5, 0.6) is 0 Å². The Kier molecular flexibility index (Phi) is 2.70. The highest BCUT2D eigenvalue weighted by molar-refractivity contribution is 5.92. The SMILES string of the molecule is NC1=NC(N)(c2ccc3nc(C(F)(F)F)[nH]c3c2)NC=C1. The van der Waals surface area contributed by atoms with Gasteiger partial charge in [0.25, 0.3) is 0 Å². The average Bonchev–Trinajstić information content (AvgIpc) is 2.81. The van der Waals surface area contributed by atoms with E-state index in [2.05, 4.69) is 20.3 Å². The number of H-pyrrole nitrogens is 1. The molecule has 1 aromatic carbocycles. The molecule has 6 N–H and O–H groups in total. The number of aliphatic imine (C=N–C) groups is 1. The van der Waals surface area contributed by atoms with Gasteiger partial charge in [-0.15, -0.1) is 0 Å². The van der Waals surface area contributed by atoms with E-state index < -0.39 is 17.8 Å². The number of hydrogen-bond acceptors (Lipinski definition) is 5. The number of nitrogens with zero attached hydrogens (tertiary/aromatic N) is 2. The molecule has 0 fully saturated rings. The number of rotatable bonds is 1. The maximum absolute atomic E-state index is 12.6. The first-order chi connectivity index (χ1) is 9.78. The lowest BCUT2D eigenvalue weighted by Gasteiger charge is -2.28. The van der Waals surface area contributed by atoms with Gasteiger partial charge in [-0.1, -0.05) is 6.07 Å². The van der Waals surface area contributed by atoms with Crippen LogP contribution >= 0.6 is 0 Å². The Morgan fingerprint density at radius 2 is 2.00 bits per heavy atom. The summed E-state index contributed by atoms with van der Waals surface area (Å²) in [6, 6.07) is 4.45. The van der Waals surface area contributed by atoms with E-state index >= 15 is 0 Å². The summed E-state index contributed by atoms with van der Waals surface area (Å²) in [5.74, 6) is -2.16. The molecule has 1 aromatic heterocycles. The lowest BCUT2D eigenvalue weighted by molar-refractivity contribution is -0.144. The molecule has 9 heteroatoms. The van der Waals surface area contributed by atoms with E-state index in [0.29, 0.717) is 5.56 Å². The van der Waals surface area contributed by atoms with Gasteiger partial charge in [-0.05, 0) is 18.2 Å². The summed E-state index contributed by atoms with van der Waals surface area (Å²) in [6.07, 6.45) is -1.48. The largest absolute Gasteiger partial charge is 0.449 e. The van der Waals surface area contributed by atoms with Gasteiger partial charge in [0.1, 0.15) is 5.84 Å². The van der Waals surface area contributed by atoms with Crippen molar-refractivity contribution in [1.82, 2.24) is 15.3 Å². The van der Waals surface area contributed by atoms with E-state index in [1.54, 1.807) is 6.07 Å². The first kappa shape index (κ1) is 13.4. The molecular weight excluding hydrogens is 285 g/mol. The van der Waals surface area contributed by atoms with Crippen molar-refractivity contribution in [3.05, 3.63) is 41.9 Å². The summed E-state index contributed by atoms with van der Waals surface area (Å²) in [4.78, 5) is 9.78. The molecule has 1 aliphatic heterocycles. The van der Waals surface area contributed by atoms with Crippen LogP contribution in [-0.2, 0) is 12.0 Å². The molecule has 0 amide bonds. The number of aromatic nitrogens is 2. The number of imidazole rings is 1. The zero-order chi connectivity index (χ0) is 15.3. The maximum Gasteiger partial charge on any atom is 0.449 e. The number of alkyl halides is 3. The second-order valence-corrected chi connectivity index (χ2v) is 4.60. The van der Waals surface area contributed by atoms with E-state index in [0.717, 1.165) is 0 Å². The van der Waals surface area contributed by atoms with E-state index in [4.69, 9.17) is 11.5 Å². The first-order valence-electron chi connectivity index (χ1n) is 5.94. The standard InChI is InChI=1S/C12H11F3N6/c13-11(14,15)10-19-7-2-1-6(5-8(7)20-10)12(17)18-4-3-9(16)21-12/h1-5,18H,17H2,(H2,16,21)(H,19,20). The van der Waals surface area contributed by atoms with Gasteiger partial charge in [-0.25, -0.2) is 9.98 Å². The van der Waals surface area contributed by atoms with Crippen LogP contribution in [0.25, 0.3) is 11.0 Å². The van der Waals surface area contributed by atoms with Gasteiger partial charge >= 0.3 is 6.18 Å². The van der Waals surface area contributed by atoms with E-state index in [1.165, 1.54) is 24.4 Å². The highest BCUT2D eigenvalue weighted by atomic mass is 19.4. The molecule has 2 heterocycles. The molecule has 1 unspecified atom stereocenters. The highest BCUT2D eigenvalue weighted by Crippen LogP contribution is 2.30. The number of aromatic amines is 1. The molecule has 0 aliphatic carbocycles. The molecule has 21 heavy (non-hydrogen) atoms. The van der Waals surface area contributed by atoms with Gasteiger partial charge in [0, 0.05) is 11.8 Å². The third kappa shape index (κ3) is 2.31. The topological polar surface area (TPSA) is 105 Å². The van der Waals surface area contributed by atoms with Crippen molar-refractivity contribution >= 4 is 16.9 Å².